The molecular weight excluding hydrogens is 388 g/mol. The Hall–Kier alpha value is -2.26. The van der Waals surface area contributed by atoms with Crippen LogP contribution >= 0.6 is 23.1 Å². The molecule has 0 aliphatic carbocycles. The molecule has 0 fully saturated rings. The first kappa shape index (κ1) is 19.5. The van der Waals surface area contributed by atoms with E-state index < -0.39 is 0 Å². The average molecular weight is 409 g/mol. The number of aromatic nitrogens is 1. The molecule has 1 aliphatic heterocycles. The van der Waals surface area contributed by atoms with Crippen LogP contribution < -0.4 is 14.8 Å². The number of nitrogens with one attached hydrogen (secondary N) is 1. The Morgan fingerprint density at radius 3 is 3.00 bits per heavy atom. The molecule has 3 rings (SSSR count). The number of thiazole rings is 1. The lowest BCUT2D eigenvalue weighted by atomic mass is 10.2. The summed E-state index contributed by atoms with van der Waals surface area (Å²) >= 11 is 2.78. The van der Waals surface area contributed by atoms with Crippen LogP contribution in [0.25, 0.3) is 0 Å². The van der Waals surface area contributed by atoms with Crippen molar-refractivity contribution in [2.24, 2.45) is 0 Å². The number of hydrogen-bond acceptors (Lipinski definition) is 8. The molecule has 0 bridgehead atoms. The van der Waals surface area contributed by atoms with Gasteiger partial charge in [-0.15, -0.1) is 11.3 Å². The highest BCUT2D eigenvalue weighted by Crippen LogP contribution is 2.32. The number of rotatable bonds is 8. The summed E-state index contributed by atoms with van der Waals surface area (Å²) in [5.41, 5.74) is 1.60. The third-order valence-electron chi connectivity index (χ3n) is 3.71. The predicted octanol–water partition coefficient (Wildman–Crippen LogP) is 2.77. The molecule has 1 amide bonds. The second-order valence-corrected chi connectivity index (χ2v) is 8.20. The van der Waals surface area contributed by atoms with Gasteiger partial charge in [-0.25, -0.2) is 4.98 Å². The Bertz CT molecular complexity index is 824. The first-order chi connectivity index (χ1) is 13.0. The first-order valence-electron chi connectivity index (χ1n) is 8.48. The smallest absolute Gasteiger partial charge is 0.311 e. The molecule has 1 unspecified atom stereocenters. The van der Waals surface area contributed by atoms with Crippen LogP contribution in [-0.4, -0.2) is 35.5 Å². The molecule has 0 spiro atoms. The largest absolute Gasteiger partial charge is 0.466 e. The summed E-state index contributed by atoms with van der Waals surface area (Å²) in [6.07, 6.45) is 0.148. The molecule has 1 N–H and O–H groups in total. The lowest BCUT2D eigenvalue weighted by Gasteiger charge is -2.11. The van der Waals surface area contributed by atoms with Gasteiger partial charge in [0.1, 0.15) is 0 Å². The van der Waals surface area contributed by atoms with Crippen molar-refractivity contribution in [2.75, 3.05) is 13.4 Å². The summed E-state index contributed by atoms with van der Waals surface area (Å²) in [6.45, 7) is 4.58. The molecule has 7 nitrogen and oxygen atoms in total. The van der Waals surface area contributed by atoms with Crippen LogP contribution in [0.4, 0.5) is 0 Å². The van der Waals surface area contributed by atoms with Crippen LogP contribution in [0.3, 0.4) is 0 Å². The molecule has 27 heavy (non-hydrogen) atoms. The van der Waals surface area contributed by atoms with Crippen molar-refractivity contribution in [3.63, 3.8) is 0 Å². The summed E-state index contributed by atoms with van der Waals surface area (Å²) < 4.78 is 16.3. The summed E-state index contributed by atoms with van der Waals surface area (Å²) in [4.78, 5) is 28.2. The molecule has 144 valence electrons. The lowest BCUT2D eigenvalue weighted by Crippen LogP contribution is -2.30. The minimum absolute atomic E-state index is 0.0835. The maximum atomic E-state index is 12.3. The van der Waals surface area contributed by atoms with E-state index >= 15 is 0 Å². The summed E-state index contributed by atoms with van der Waals surface area (Å²) in [5, 5.41) is 4.42. The maximum Gasteiger partial charge on any atom is 0.311 e. The molecule has 2 aromatic rings. The standard InChI is InChI=1S/C18H20N2O5S2/c1-3-23-16(21)7-13-9-26-18(20-13)27-11(2)17(22)19-8-12-4-5-14-15(6-12)25-10-24-14/h4-6,9,11H,3,7-8,10H2,1-2H3,(H,19,22). The molecule has 0 saturated carbocycles. The Kier molecular flexibility index (Phi) is 6.57. The van der Waals surface area contributed by atoms with Crippen LogP contribution in [0.1, 0.15) is 25.1 Å². The fourth-order valence-corrected chi connectivity index (χ4v) is 4.38. The number of thioether (sulfide) groups is 1. The molecule has 9 heteroatoms. The van der Waals surface area contributed by atoms with Crippen LogP contribution in [0.2, 0.25) is 0 Å². The van der Waals surface area contributed by atoms with Crippen molar-refractivity contribution < 1.29 is 23.8 Å². The van der Waals surface area contributed by atoms with Crippen LogP contribution in [-0.2, 0) is 27.3 Å². The number of esters is 1. The van der Waals surface area contributed by atoms with Gasteiger partial charge >= 0.3 is 5.97 Å². The molecule has 2 heterocycles. The number of carbonyl (C=O) groups is 2. The second kappa shape index (κ2) is 9.09. The van der Waals surface area contributed by atoms with E-state index in [0.717, 1.165) is 15.7 Å². The number of fused-ring (bicyclic) bond motifs is 1. The number of hydrogen-bond donors (Lipinski definition) is 1. The van der Waals surface area contributed by atoms with Gasteiger partial charge in [0.15, 0.2) is 15.8 Å². The minimum atomic E-state index is -0.305. The van der Waals surface area contributed by atoms with Crippen LogP contribution in [0.15, 0.2) is 27.9 Å². The van der Waals surface area contributed by atoms with Crippen molar-refractivity contribution in [3.8, 4) is 11.5 Å². The summed E-state index contributed by atoms with van der Waals surface area (Å²) in [6, 6.07) is 5.60. The number of nitrogens with zero attached hydrogens (tertiary/aromatic N) is 1. The Morgan fingerprint density at radius 1 is 1.37 bits per heavy atom. The molecule has 0 saturated heterocycles. The van der Waals surface area contributed by atoms with Gasteiger partial charge in [0.2, 0.25) is 12.7 Å². The SMILES string of the molecule is CCOC(=O)Cc1csc(SC(C)C(=O)NCc2ccc3c(c2)OCO3)n1. The van der Waals surface area contributed by atoms with Gasteiger partial charge in [-0.05, 0) is 31.5 Å². The fraction of sp³-hybridized carbons (Fsp3) is 0.389. The van der Waals surface area contributed by atoms with Crippen molar-refractivity contribution in [3.05, 3.63) is 34.8 Å². The third-order valence-corrected chi connectivity index (χ3v) is 5.83. The van der Waals surface area contributed by atoms with E-state index in [1.165, 1.54) is 23.1 Å². The van der Waals surface area contributed by atoms with Gasteiger partial charge < -0.3 is 19.5 Å². The molecule has 1 aromatic heterocycles. The highest BCUT2D eigenvalue weighted by Gasteiger charge is 2.18. The molecular formula is C18H20N2O5S2. The van der Waals surface area contributed by atoms with Crippen molar-refractivity contribution in [2.45, 2.75) is 36.4 Å². The number of carbonyl (C=O) groups excluding carboxylic acids is 2. The van der Waals surface area contributed by atoms with Gasteiger partial charge in [-0.1, -0.05) is 17.8 Å². The van der Waals surface area contributed by atoms with Crippen LogP contribution in [0, 0.1) is 0 Å². The first-order valence-corrected chi connectivity index (χ1v) is 10.2. The predicted molar refractivity (Wildman–Crippen MR) is 102 cm³/mol. The highest BCUT2D eigenvalue weighted by molar-refractivity contribution is 8.02. The molecule has 1 aromatic carbocycles. The maximum absolute atomic E-state index is 12.3. The zero-order chi connectivity index (χ0) is 19.2. The van der Waals surface area contributed by atoms with E-state index in [4.69, 9.17) is 14.2 Å². The number of ether oxygens (including phenoxy) is 3. The van der Waals surface area contributed by atoms with E-state index in [1.807, 2.05) is 30.5 Å². The van der Waals surface area contributed by atoms with E-state index in [2.05, 4.69) is 10.3 Å². The Labute approximate surface area is 165 Å². The average Bonchev–Trinajstić information content (AvgIpc) is 3.28. The monoisotopic (exact) mass is 408 g/mol. The molecule has 1 aliphatic rings. The van der Waals surface area contributed by atoms with E-state index in [-0.39, 0.29) is 30.3 Å². The Morgan fingerprint density at radius 2 is 2.19 bits per heavy atom. The lowest BCUT2D eigenvalue weighted by molar-refractivity contribution is -0.142. The third kappa shape index (κ3) is 5.36. The van der Waals surface area contributed by atoms with Gasteiger partial charge in [0.25, 0.3) is 0 Å². The van der Waals surface area contributed by atoms with Gasteiger partial charge in [0, 0.05) is 11.9 Å². The Balaban J connectivity index is 1.48. The normalized spacial score (nSPS) is 13.3. The van der Waals surface area contributed by atoms with E-state index in [0.29, 0.717) is 24.6 Å². The van der Waals surface area contributed by atoms with Gasteiger partial charge in [-0.3, -0.25) is 9.59 Å². The van der Waals surface area contributed by atoms with Gasteiger partial charge in [-0.2, -0.15) is 0 Å². The van der Waals surface area contributed by atoms with E-state index in [9.17, 15) is 9.59 Å². The van der Waals surface area contributed by atoms with E-state index in [1.54, 1.807) is 6.92 Å². The zero-order valence-electron chi connectivity index (χ0n) is 15.0. The van der Waals surface area contributed by atoms with Gasteiger partial charge in [0.05, 0.1) is 24.0 Å². The molecule has 0 radical (unpaired) electrons. The summed E-state index contributed by atoms with van der Waals surface area (Å²) in [7, 11) is 0. The van der Waals surface area contributed by atoms with Crippen molar-refractivity contribution in [1.29, 1.82) is 0 Å². The summed E-state index contributed by atoms with van der Waals surface area (Å²) in [5.74, 6) is 1.03. The number of benzene rings is 1. The minimum Gasteiger partial charge on any atom is -0.466 e. The highest BCUT2D eigenvalue weighted by atomic mass is 32.2. The van der Waals surface area contributed by atoms with Crippen molar-refractivity contribution >= 4 is 35.0 Å². The fourth-order valence-electron chi connectivity index (χ4n) is 2.37. The zero-order valence-corrected chi connectivity index (χ0v) is 16.7. The van der Waals surface area contributed by atoms with Crippen LogP contribution in [0.5, 0.6) is 11.5 Å². The quantitative estimate of drug-likeness (QED) is 0.531. The van der Waals surface area contributed by atoms with Crippen molar-refractivity contribution in [1.82, 2.24) is 10.3 Å². The second-order valence-electron chi connectivity index (χ2n) is 5.75. The topological polar surface area (TPSA) is 86.8 Å². The number of amides is 1. The molecule has 1 atom stereocenters.